The summed E-state index contributed by atoms with van der Waals surface area (Å²) in [5, 5.41) is 10.4. The van der Waals surface area contributed by atoms with Gasteiger partial charge in [-0.05, 0) is 25.8 Å². The smallest absolute Gasteiger partial charge is 0.141 e. The van der Waals surface area contributed by atoms with Crippen molar-refractivity contribution in [3.63, 3.8) is 0 Å². The molecule has 1 N–H and O–H groups in total. The maximum absolute atomic E-state index is 13.1. The minimum atomic E-state index is -0.798. The van der Waals surface area contributed by atoms with Crippen molar-refractivity contribution in [1.82, 2.24) is 4.98 Å². The Morgan fingerprint density at radius 3 is 2.76 bits per heavy atom. The molecule has 0 bridgehead atoms. The number of rotatable bonds is 4. The summed E-state index contributed by atoms with van der Waals surface area (Å²) in [6, 6.07) is 1.33. The van der Waals surface area contributed by atoms with Crippen LogP contribution in [0.2, 0.25) is 0 Å². The lowest BCUT2D eigenvalue weighted by Crippen LogP contribution is -2.36. The van der Waals surface area contributed by atoms with Crippen molar-refractivity contribution in [1.29, 1.82) is 0 Å². The average molecular weight is 239 g/mol. The quantitative estimate of drug-likeness (QED) is 0.878. The van der Waals surface area contributed by atoms with Crippen LogP contribution in [-0.2, 0) is 4.74 Å². The molecule has 1 atom stereocenters. The SMILES string of the molecule is CCOC1(C(O)c2cncc(F)c2)CCCC1. The van der Waals surface area contributed by atoms with Crippen LogP contribution in [0.5, 0.6) is 0 Å². The Hall–Kier alpha value is -1.00. The molecule has 3 nitrogen and oxygen atoms in total. The number of pyridine rings is 1. The Labute approximate surface area is 101 Å². The molecular weight excluding hydrogens is 221 g/mol. The molecule has 0 radical (unpaired) electrons. The van der Waals surface area contributed by atoms with E-state index in [1.807, 2.05) is 6.92 Å². The molecule has 1 unspecified atom stereocenters. The van der Waals surface area contributed by atoms with Gasteiger partial charge >= 0.3 is 0 Å². The Morgan fingerprint density at radius 1 is 1.47 bits per heavy atom. The van der Waals surface area contributed by atoms with Crippen molar-refractivity contribution in [2.75, 3.05) is 6.61 Å². The number of hydrogen-bond acceptors (Lipinski definition) is 3. The van der Waals surface area contributed by atoms with Gasteiger partial charge in [0.1, 0.15) is 11.9 Å². The fraction of sp³-hybridized carbons (Fsp3) is 0.615. The van der Waals surface area contributed by atoms with Crippen molar-refractivity contribution in [2.24, 2.45) is 0 Å². The third kappa shape index (κ3) is 2.48. The van der Waals surface area contributed by atoms with E-state index in [0.717, 1.165) is 31.9 Å². The van der Waals surface area contributed by atoms with Crippen LogP contribution in [0.4, 0.5) is 4.39 Å². The second kappa shape index (κ2) is 5.10. The minimum absolute atomic E-state index is 0.425. The Balaban J connectivity index is 2.24. The zero-order valence-electron chi connectivity index (χ0n) is 10.0. The molecule has 17 heavy (non-hydrogen) atoms. The van der Waals surface area contributed by atoms with Crippen LogP contribution in [0.1, 0.15) is 44.3 Å². The first-order chi connectivity index (χ1) is 8.18. The molecule has 0 amide bonds. The standard InChI is InChI=1S/C13H18FNO2/c1-2-17-13(5-3-4-6-13)12(16)10-7-11(14)9-15-8-10/h7-9,12,16H,2-6H2,1H3. The second-order valence-electron chi connectivity index (χ2n) is 4.54. The highest BCUT2D eigenvalue weighted by Crippen LogP contribution is 2.42. The molecule has 1 aromatic heterocycles. The molecule has 0 aliphatic heterocycles. The maximum Gasteiger partial charge on any atom is 0.141 e. The molecule has 0 spiro atoms. The number of aliphatic hydroxyl groups excluding tert-OH is 1. The topological polar surface area (TPSA) is 42.4 Å². The van der Waals surface area contributed by atoms with Crippen LogP contribution in [0.25, 0.3) is 0 Å². The summed E-state index contributed by atoms with van der Waals surface area (Å²) in [5.41, 5.74) is -0.0510. The summed E-state index contributed by atoms with van der Waals surface area (Å²) in [4.78, 5) is 3.78. The van der Waals surface area contributed by atoms with Gasteiger partial charge in [0.25, 0.3) is 0 Å². The first-order valence-electron chi connectivity index (χ1n) is 6.10. The van der Waals surface area contributed by atoms with Crippen LogP contribution in [0, 0.1) is 5.82 Å². The molecule has 1 aliphatic carbocycles. The normalized spacial score (nSPS) is 20.4. The number of ether oxygens (including phenoxy) is 1. The monoisotopic (exact) mass is 239 g/mol. The van der Waals surface area contributed by atoms with Gasteiger partial charge in [0, 0.05) is 18.4 Å². The molecule has 1 fully saturated rings. The fourth-order valence-corrected chi connectivity index (χ4v) is 2.64. The third-order valence-corrected chi connectivity index (χ3v) is 3.42. The highest BCUT2D eigenvalue weighted by atomic mass is 19.1. The zero-order valence-corrected chi connectivity index (χ0v) is 10.0. The van der Waals surface area contributed by atoms with E-state index in [9.17, 15) is 9.50 Å². The number of nitrogens with zero attached hydrogens (tertiary/aromatic N) is 1. The first kappa shape index (κ1) is 12.5. The number of aromatic nitrogens is 1. The molecule has 1 heterocycles. The van der Waals surface area contributed by atoms with Crippen LogP contribution >= 0.6 is 0 Å². The summed E-state index contributed by atoms with van der Waals surface area (Å²) in [6.45, 7) is 2.47. The van der Waals surface area contributed by atoms with Gasteiger partial charge < -0.3 is 9.84 Å². The molecule has 2 rings (SSSR count). The Kier molecular flexibility index (Phi) is 3.74. The van der Waals surface area contributed by atoms with E-state index in [-0.39, 0.29) is 0 Å². The van der Waals surface area contributed by atoms with E-state index < -0.39 is 17.5 Å². The summed E-state index contributed by atoms with van der Waals surface area (Å²) in [7, 11) is 0. The van der Waals surface area contributed by atoms with Crippen molar-refractivity contribution >= 4 is 0 Å². The van der Waals surface area contributed by atoms with Crippen molar-refractivity contribution in [3.8, 4) is 0 Å². The number of halogens is 1. The Morgan fingerprint density at radius 2 is 2.18 bits per heavy atom. The van der Waals surface area contributed by atoms with Crippen molar-refractivity contribution < 1.29 is 14.2 Å². The van der Waals surface area contributed by atoms with Crippen LogP contribution in [0.15, 0.2) is 18.5 Å². The van der Waals surface area contributed by atoms with Gasteiger partial charge in [-0.15, -0.1) is 0 Å². The van der Waals surface area contributed by atoms with Gasteiger partial charge in [-0.2, -0.15) is 0 Å². The molecule has 0 aromatic carbocycles. The predicted octanol–water partition coefficient (Wildman–Crippen LogP) is 2.60. The highest BCUT2D eigenvalue weighted by molar-refractivity contribution is 5.18. The lowest BCUT2D eigenvalue weighted by molar-refractivity contribution is -0.118. The van der Waals surface area contributed by atoms with E-state index in [1.165, 1.54) is 12.3 Å². The Bertz CT molecular complexity index is 377. The lowest BCUT2D eigenvalue weighted by atomic mass is 9.90. The zero-order chi connectivity index (χ0) is 12.3. The minimum Gasteiger partial charge on any atom is -0.385 e. The van der Waals surface area contributed by atoms with Gasteiger partial charge in [0.05, 0.1) is 11.8 Å². The first-order valence-corrected chi connectivity index (χ1v) is 6.10. The summed E-state index contributed by atoms with van der Waals surface area (Å²) < 4.78 is 18.9. The van der Waals surface area contributed by atoms with E-state index in [1.54, 1.807) is 0 Å². The number of hydrogen-bond donors (Lipinski definition) is 1. The van der Waals surface area contributed by atoms with Gasteiger partial charge in [-0.1, -0.05) is 12.8 Å². The molecule has 0 saturated heterocycles. The van der Waals surface area contributed by atoms with E-state index in [2.05, 4.69) is 4.98 Å². The second-order valence-corrected chi connectivity index (χ2v) is 4.54. The predicted molar refractivity (Wildman–Crippen MR) is 62.0 cm³/mol. The molecule has 94 valence electrons. The van der Waals surface area contributed by atoms with Gasteiger partial charge in [-0.3, -0.25) is 4.98 Å². The van der Waals surface area contributed by atoms with Gasteiger partial charge in [0.2, 0.25) is 0 Å². The van der Waals surface area contributed by atoms with Crippen molar-refractivity contribution in [2.45, 2.75) is 44.3 Å². The highest BCUT2D eigenvalue weighted by Gasteiger charge is 2.42. The molecular formula is C13H18FNO2. The molecule has 4 heteroatoms. The van der Waals surface area contributed by atoms with E-state index in [4.69, 9.17) is 4.74 Å². The largest absolute Gasteiger partial charge is 0.385 e. The summed E-state index contributed by atoms with van der Waals surface area (Å²) >= 11 is 0. The molecule has 1 saturated carbocycles. The fourth-order valence-electron chi connectivity index (χ4n) is 2.64. The van der Waals surface area contributed by atoms with E-state index >= 15 is 0 Å². The van der Waals surface area contributed by atoms with E-state index in [0.29, 0.717) is 12.2 Å². The third-order valence-electron chi connectivity index (χ3n) is 3.42. The van der Waals surface area contributed by atoms with Crippen molar-refractivity contribution in [3.05, 3.63) is 29.8 Å². The van der Waals surface area contributed by atoms with Gasteiger partial charge in [-0.25, -0.2) is 4.39 Å². The molecule has 1 aliphatic rings. The molecule has 1 aromatic rings. The summed E-state index contributed by atoms with van der Waals surface area (Å²) in [5.74, 6) is -0.425. The summed E-state index contributed by atoms with van der Waals surface area (Å²) in [6.07, 6.45) is 5.56. The lowest BCUT2D eigenvalue weighted by Gasteiger charge is -2.34. The van der Waals surface area contributed by atoms with Crippen LogP contribution in [-0.4, -0.2) is 22.3 Å². The number of aliphatic hydroxyl groups is 1. The van der Waals surface area contributed by atoms with Crippen LogP contribution < -0.4 is 0 Å². The average Bonchev–Trinajstić information content (AvgIpc) is 2.78. The van der Waals surface area contributed by atoms with Crippen LogP contribution in [0.3, 0.4) is 0 Å². The van der Waals surface area contributed by atoms with Gasteiger partial charge in [0.15, 0.2) is 0 Å². The maximum atomic E-state index is 13.1.